The van der Waals surface area contributed by atoms with Crippen molar-refractivity contribution >= 4 is 43.0 Å². The van der Waals surface area contributed by atoms with Gasteiger partial charge in [-0.1, -0.05) is 11.6 Å². The average molecular weight is 299 g/mol. The molecule has 0 heterocycles. The fourth-order valence-electron chi connectivity index (χ4n) is 1.08. The zero-order chi connectivity index (χ0) is 13.3. The van der Waals surface area contributed by atoms with E-state index in [1.807, 2.05) is 0 Å². The van der Waals surface area contributed by atoms with Gasteiger partial charge in [-0.05, 0) is 18.2 Å². The first kappa shape index (κ1) is 14.1. The van der Waals surface area contributed by atoms with E-state index in [2.05, 4.69) is 9.44 Å². The summed E-state index contributed by atoms with van der Waals surface area (Å²) >= 11 is 5.77. The molecule has 1 rings (SSSR count). The van der Waals surface area contributed by atoms with Crippen LogP contribution in [0.5, 0.6) is 0 Å². The molecule has 9 heteroatoms. The first-order valence-electron chi connectivity index (χ1n) is 4.32. The molecule has 0 saturated carbocycles. The molecule has 1 aromatic carbocycles. The molecule has 0 aromatic heterocycles. The van der Waals surface area contributed by atoms with Crippen LogP contribution in [0, 0.1) is 0 Å². The van der Waals surface area contributed by atoms with Crippen molar-refractivity contribution in [2.75, 3.05) is 22.0 Å². The van der Waals surface area contributed by atoms with Crippen LogP contribution in [0.2, 0.25) is 5.02 Å². The average Bonchev–Trinajstić information content (AvgIpc) is 2.05. The number of benzene rings is 1. The summed E-state index contributed by atoms with van der Waals surface area (Å²) < 4.78 is 48.5. The van der Waals surface area contributed by atoms with Crippen molar-refractivity contribution in [2.45, 2.75) is 0 Å². The quantitative estimate of drug-likeness (QED) is 0.870. The van der Waals surface area contributed by atoms with Crippen LogP contribution >= 0.6 is 11.6 Å². The highest BCUT2D eigenvalue weighted by molar-refractivity contribution is 7.92. The first-order valence-corrected chi connectivity index (χ1v) is 8.48. The third-order valence-corrected chi connectivity index (χ3v) is 3.09. The number of hydrogen-bond acceptors (Lipinski definition) is 4. The van der Waals surface area contributed by atoms with Crippen molar-refractivity contribution in [3.05, 3.63) is 23.2 Å². The van der Waals surface area contributed by atoms with Gasteiger partial charge >= 0.3 is 0 Å². The lowest BCUT2D eigenvalue weighted by molar-refractivity contribution is 0.605. The molecular weight excluding hydrogens is 288 g/mol. The maximum Gasteiger partial charge on any atom is 0.229 e. The van der Waals surface area contributed by atoms with Crippen LogP contribution in [0.25, 0.3) is 0 Å². The number of nitrogens with one attached hydrogen (secondary N) is 2. The van der Waals surface area contributed by atoms with E-state index in [0.717, 1.165) is 12.5 Å². The maximum atomic E-state index is 11.0. The van der Waals surface area contributed by atoms with Crippen LogP contribution in [0.15, 0.2) is 18.2 Å². The lowest BCUT2D eigenvalue weighted by Gasteiger charge is -2.09. The molecule has 0 saturated heterocycles. The molecule has 1 aromatic rings. The van der Waals surface area contributed by atoms with Crippen molar-refractivity contribution in [3.63, 3.8) is 0 Å². The predicted octanol–water partition coefficient (Wildman–Crippen LogP) is 1.08. The van der Waals surface area contributed by atoms with E-state index in [9.17, 15) is 16.8 Å². The minimum absolute atomic E-state index is 0.114. The van der Waals surface area contributed by atoms with E-state index in [1.165, 1.54) is 18.2 Å². The summed E-state index contributed by atoms with van der Waals surface area (Å²) in [5.41, 5.74) is 0.339. The third-order valence-electron chi connectivity index (χ3n) is 1.56. The van der Waals surface area contributed by atoms with E-state index in [0.29, 0.717) is 0 Å². The van der Waals surface area contributed by atoms with Gasteiger partial charge in [0, 0.05) is 0 Å². The van der Waals surface area contributed by atoms with Crippen molar-refractivity contribution < 1.29 is 16.8 Å². The molecule has 0 bridgehead atoms. The summed E-state index contributed by atoms with van der Waals surface area (Å²) in [6.45, 7) is 0. The van der Waals surface area contributed by atoms with Crippen LogP contribution in [0.3, 0.4) is 0 Å². The molecule has 0 radical (unpaired) electrons. The zero-order valence-corrected chi connectivity index (χ0v) is 11.4. The number of halogens is 1. The Hall–Kier alpha value is -0.990. The Bertz CT molecular complexity index is 625. The largest absolute Gasteiger partial charge is 0.284 e. The normalized spacial score (nSPS) is 12.2. The smallest absolute Gasteiger partial charge is 0.229 e. The van der Waals surface area contributed by atoms with Crippen molar-refractivity contribution in [1.82, 2.24) is 0 Å². The molecule has 0 aliphatic heterocycles. The third kappa shape index (κ3) is 5.24. The second-order valence-electron chi connectivity index (χ2n) is 3.44. The lowest BCUT2D eigenvalue weighted by Crippen LogP contribution is -2.12. The van der Waals surface area contributed by atoms with Gasteiger partial charge in [0.05, 0.1) is 28.9 Å². The van der Waals surface area contributed by atoms with Gasteiger partial charge in [-0.2, -0.15) is 0 Å². The monoisotopic (exact) mass is 298 g/mol. The molecule has 0 atom stereocenters. The van der Waals surface area contributed by atoms with Crippen LogP contribution in [0.4, 0.5) is 11.4 Å². The molecule has 2 N–H and O–H groups in total. The Morgan fingerprint density at radius 3 is 2.00 bits per heavy atom. The minimum Gasteiger partial charge on any atom is -0.284 e. The van der Waals surface area contributed by atoms with Crippen LogP contribution in [-0.2, 0) is 20.0 Å². The Kier molecular flexibility index (Phi) is 3.90. The SMILES string of the molecule is CS(=O)(=O)Nc1ccc(Cl)c(NS(C)(=O)=O)c1. The standard InChI is InChI=1S/C8H11ClN2O4S2/c1-16(12,13)10-6-3-4-7(9)8(5-6)11-17(2,14)15/h3-5,10-11H,1-2H3. The Morgan fingerprint density at radius 1 is 1.00 bits per heavy atom. The summed E-state index contributed by atoms with van der Waals surface area (Å²) in [5.74, 6) is 0. The molecule has 6 nitrogen and oxygen atoms in total. The Morgan fingerprint density at radius 2 is 1.53 bits per heavy atom. The predicted molar refractivity (Wildman–Crippen MR) is 68.4 cm³/mol. The summed E-state index contributed by atoms with van der Waals surface area (Å²) in [5, 5.41) is 0.175. The molecule has 17 heavy (non-hydrogen) atoms. The number of hydrogen-bond donors (Lipinski definition) is 2. The minimum atomic E-state index is -3.47. The van der Waals surface area contributed by atoms with Crippen molar-refractivity contribution in [3.8, 4) is 0 Å². The summed E-state index contributed by atoms with van der Waals surface area (Å²) in [6, 6.07) is 4.11. The maximum absolute atomic E-state index is 11.0. The van der Waals surface area contributed by atoms with E-state index >= 15 is 0 Å². The van der Waals surface area contributed by atoms with Gasteiger partial charge < -0.3 is 0 Å². The molecule has 0 spiro atoms. The van der Waals surface area contributed by atoms with Gasteiger partial charge in [-0.25, -0.2) is 16.8 Å². The van der Waals surface area contributed by atoms with Gasteiger partial charge in [0.2, 0.25) is 20.0 Å². The molecular formula is C8H11ClN2O4S2. The van der Waals surface area contributed by atoms with E-state index < -0.39 is 20.0 Å². The second kappa shape index (κ2) is 4.71. The first-order chi connectivity index (χ1) is 7.57. The van der Waals surface area contributed by atoms with Gasteiger partial charge in [0.15, 0.2) is 0 Å². The lowest BCUT2D eigenvalue weighted by atomic mass is 10.3. The molecule has 0 fully saturated rings. The second-order valence-corrected chi connectivity index (χ2v) is 7.35. The van der Waals surface area contributed by atoms with E-state index in [1.54, 1.807) is 0 Å². The summed E-state index contributed by atoms with van der Waals surface area (Å²) in [7, 11) is -6.89. The van der Waals surface area contributed by atoms with Crippen LogP contribution in [-0.4, -0.2) is 29.3 Å². The number of sulfonamides is 2. The molecule has 96 valence electrons. The molecule has 0 amide bonds. The summed E-state index contributed by atoms with van der Waals surface area (Å²) in [6.07, 6.45) is 1.96. The van der Waals surface area contributed by atoms with Crippen molar-refractivity contribution in [1.29, 1.82) is 0 Å². The zero-order valence-electron chi connectivity index (χ0n) is 9.06. The Balaban J connectivity index is 3.11. The molecule has 0 unspecified atom stereocenters. The van der Waals surface area contributed by atoms with Gasteiger partial charge in [-0.15, -0.1) is 0 Å². The van der Waals surface area contributed by atoms with E-state index in [-0.39, 0.29) is 16.4 Å². The summed E-state index contributed by atoms with van der Waals surface area (Å²) in [4.78, 5) is 0. The molecule has 0 aliphatic carbocycles. The topological polar surface area (TPSA) is 92.3 Å². The van der Waals surface area contributed by atoms with Gasteiger partial charge in [0.25, 0.3) is 0 Å². The van der Waals surface area contributed by atoms with E-state index in [4.69, 9.17) is 11.6 Å². The highest BCUT2D eigenvalue weighted by Crippen LogP contribution is 2.26. The number of anilines is 2. The highest BCUT2D eigenvalue weighted by Gasteiger charge is 2.09. The fraction of sp³-hybridized carbons (Fsp3) is 0.250. The van der Waals surface area contributed by atoms with Crippen molar-refractivity contribution in [2.24, 2.45) is 0 Å². The van der Waals surface area contributed by atoms with Gasteiger partial charge in [-0.3, -0.25) is 9.44 Å². The molecule has 0 aliphatic rings. The number of rotatable bonds is 4. The Labute approximate surface area is 105 Å². The van der Waals surface area contributed by atoms with Crippen LogP contribution < -0.4 is 9.44 Å². The fourth-order valence-corrected chi connectivity index (χ4v) is 2.43. The van der Waals surface area contributed by atoms with Gasteiger partial charge in [0.1, 0.15) is 0 Å². The highest BCUT2D eigenvalue weighted by atomic mass is 35.5. The van der Waals surface area contributed by atoms with Crippen LogP contribution in [0.1, 0.15) is 0 Å².